The van der Waals surface area contributed by atoms with Crippen molar-refractivity contribution in [2.45, 2.75) is 20.3 Å². The Bertz CT molecular complexity index is 1020. The summed E-state index contributed by atoms with van der Waals surface area (Å²) in [7, 11) is 0. The van der Waals surface area contributed by atoms with Gasteiger partial charge in [0.1, 0.15) is 11.3 Å². The third-order valence-corrected chi connectivity index (χ3v) is 4.64. The number of hydrogen-bond donors (Lipinski definition) is 0. The second kappa shape index (κ2) is 8.88. The Hall–Kier alpha value is -3.57. The topological polar surface area (TPSA) is 26.3 Å². The van der Waals surface area contributed by atoms with Gasteiger partial charge in [-0.25, -0.2) is 4.79 Å². The molecule has 0 aliphatic rings. The van der Waals surface area contributed by atoms with Gasteiger partial charge in [0.2, 0.25) is 0 Å². The average molecular weight is 366 g/mol. The molecule has 0 saturated heterocycles. The third-order valence-electron chi connectivity index (χ3n) is 4.64. The minimum atomic E-state index is -0.517. The number of rotatable bonds is 5. The SMILES string of the molecule is C#C/C(=C\C)C(=O)Oc1ccc(-c2ccc(-c3ccc(CC)cc3)cc2)cc1. The minimum Gasteiger partial charge on any atom is -0.422 e. The molecule has 0 amide bonds. The predicted octanol–water partition coefficient (Wildman–Crippen LogP) is 6.07. The van der Waals surface area contributed by atoms with Crippen LogP contribution in [0.2, 0.25) is 0 Å². The second-order valence-corrected chi connectivity index (χ2v) is 6.39. The van der Waals surface area contributed by atoms with Crippen molar-refractivity contribution in [2.24, 2.45) is 0 Å². The van der Waals surface area contributed by atoms with Gasteiger partial charge in [0.05, 0.1) is 0 Å². The molecule has 0 fully saturated rings. The fourth-order valence-electron chi connectivity index (χ4n) is 2.93. The first-order valence-corrected chi connectivity index (χ1v) is 9.29. The highest BCUT2D eigenvalue weighted by molar-refractivity contribution is 5.94. The molecule has 0 radical (unpaired) electrons. The van der Waals surface area contributed by atoms with Crippen LogP contribution in [-0.2, 0) is 11.2 Å². The van der Waals surface area contributed by atoms with E-state index in [1.54, 1.807) is 25.1 Å². The number of hydrogen-bond acceptors (Lipinski definition) is 2. The Morgan fingerprint density at radius 3 is 1.68 bits per heavy atom. The van der Waals surface area contributed by atoms with E-state index in [1.807, 2.05) is 12.1 Å². The number of allylic oxidation sites excluding steroid dienone is 1. The van der Waals surface area contributed by atoms with Gasteiger partial charge < -0.3 is 4.74 Å². The van der Waals surface area contributed by atoms with Crippen LogP contribution in [-0.4, -0.2) is 5.97 Å². The van der Waals surface area contributed by atoms with E-state index in [1.165, 1.54) is 16.7 Å². The van der Waals surface area contributed by atoms with Crippen LogP contribution in [0, 0.1) is 12.3 Å². The summed E-state index contributed by atoms with van der Waals surface area (Å²) in [6.45, 7) is 3.87. The molecule has 3 aromatic carbocycles. The van der Waals surface area contributed by atoms with Crippen LogP contribution in [0.5, 0.6) is 5.75 Å². The molecule has 138 valence electrons. The molecule has 0 unspecified atom stereocenters. The van der Waals surface area contributed by atoms with E-state index in [4.69, 9.17) is 11.2 Å². The van der Waals surface area contributed by atoms with Crippen molar-refractivity contribution in [3.05, 3.63) is 90.0 Å². The number of esters is 1. The van der Waals surface area contributed by atoms with E-state index >= 15 is 0 Å². The normalized spacial score (nSPS) is 11.0. The number of carbonyl (C=O) groups excluding carboxylic acids is 1. The van der Waals surface area contributed by atoms with Crippen molar-refractivity contribution in [2.75, 3.05) is 0 Å². The Morgan fingerprint density at radius 2 is 1.29 bits per heavy atom. The summed E-state index contributed by atoms with van der Waals surface area (Å²) in [5.41, 5.74) is 6.10. The van der Waals surface area contributed by atoms with Gasteiger partial charge in [-0.15, -0.1) is 6.42 Å². The van der Waals surface area contributed by atoms with Crippen molar-refractivity contribution in [3.8, 4) is 40.3 Å². The summed E-state index contributed by atoms with van der Waals surface area (Å²) in [5.74, 6) is 2.27. The molecule has 3 rings (SSSR count). The number of carbonyl (C=O) groups is 1. The van der Waals surface area contributed by atoms with Crippen LogP contribution in [0.15, 0.2) is 84.4 Å². The van der Waals surface area contributed by atoms with Crippen molar-refractivity contribution in [3.63, 3.8) is 0 Å². The zero-order valence-corrected chi connectivity index (χ0v) is 16.1. The zero-order valence-electron chi connectivity index (χ0n) is 16.1. The largest absolute Gasteiger partial charge is 0.422 e. The van der Waals surface area contributed by atoms with Crippen LogP contribution in [0.25, 0.3) is 22.3 Å². The van der Waals surface area contributed by atoms with Crippen LogP contribution in [0.1, 0.15) is 19.4 Å². The first kappa shape index (κ1) is 19.2. The summed E-state index contributed by atoms with van der Waals surface area (Å²) in [4.78, 5) is 11.9. The standard InChI is InChI=1S/C26H22O2/c1-4-19-7-9-21(10-8-19)22-11-13-23(14-12-22)24-15-17-25(18-16-24)28-26(27)20(5-2)6-3/h2,6-18H,4H2,1,3H3/b20-6+. The Kier molecular flexibility index (Phi) is 6.09. The maximum Gasteiger partial charge on any atom is 0.351 e. The molecule has 0 N–H and O–H groups in total. The molecular weight excluding hydrogens is 344 g/mol. The highest BCUT2D eigenvalue weighted by Gasteiger charge is 2.09. The van der Waals surface area contributed by atoms with Gasteiger partial charge in [-0.05, 0) is 53.3 Å². The molecule has 2 nitrogen and oxygen atoms in total. The van der Waals surface area contributed by atoms with Gasteiger partial charge in [0, 0.05) is 0 Å². The van der Waals surface area contributed by atoms with Crippen LogP contribution >= 0.6 is 0 Å². The lowest BCUT2D eigenvalue weighted by Crippen LogP contribution is -2.09. The van der Waals surface area contributed by atoms with Gasteiger partial charge >= 0.3 is 5.97 Å². The van der Waals surface area contributed by atoms with Gasteiger partial charge in [0.25, 0.3) is 0 Å². The predicted molar refractivity (Wildman–Crippen MR) is 115 cm³/mol. The molecule has 0 aliphatic heterocycles. The van der Waals surface area contributed by atoms with E-state index in [0.717, 1.165) is 17.5 Å². The summed E-state index contributed by atoms with van der Waals surface area (Å²) in [5, 5.41) is 0. The van der Waals surface area contributed by atoms with E-state index in [0.29, 0.717) is 5.75 Å². The third kappa shape index (κ3) is 4.39. The van der Waals surface area contributed by atoms with Gasteiger partial charge in [-0.1, -0.05) is 79.6 Å². The van der Waals surface area contributed by atoms with E-state index in [2.05, 4.69) is 61.4 Å². The Balaban J connectivity index is 1.73. The molecule has 0 saturated carbocycles. The van der Waals surface area contributed by atoms with E-state index < -0.39 is 5.97 Å². The Morgan fingerprint density at radius 1 is 0.857 bits per heavy atom. The highest BCUT2D eigenvalue weighted by atomic mass is 16.5. The fourth-order valence-corrected chi connectivity index (χ4v) is 2.93. The average Bonchev–Trinajstić information content (AvgIpc) is 2.75. The number of aryl methyl sites for hydroxylation is 1. The second-order valence-electron chi connectivity index (χ2n) is 6.39. The summed E-state index contributed by atoms with van der Waals surface area (Å²) in [6, 6.07) is 24.5. The summed E-state index contributed by atoms with van der Waals surface area (Å²) in [6.07, 6.45) is 7.90. The quantitative estimate of drug-likeness (QED) is 0.237. The van der Waals surface area contributed by atoms with Gasteiger partial charge in [-0.2, -0.15) is 0 Å². The van der Waals surface area contributed by atoms with Crippen LogP contribution in [0.3, 0.4) is 0 Å². The molecule has 28 heavy (non-hydrogen) atoms. The maximum absolute atomic E-state index is 11.9. The van der Waals surface area contributed by atoms with Crippen LogP contribution in [0.4, 0.5) is 0 Å². The van der Waals surface area contributed by atoms with Crippen LogP contribution < -0.4 is 4.74 Å². The van der Waals surface area contributed by atoms with E-state index in [9.17, 15) is 4.79 Å². The van der Waals surface area contributed by atoms with Crippen molar-refractivity contribution >= 4 is 5.97 Å². The first-order valence-electron chi connectivity index (χ1n) is 9.29. The molecular formula is C26H22O2. The van der Waals surface area contributed by atoms with Gasteiger partial charge in [-0.3, -0.25) is 0 Å². The maximum atomic E-state index is 11.9. The highest BCUT2D eigenvalue weighted by Crippen LogP contribution is 2.26. The van der Waals surface area contributed by atoms with Crippen molar-refractivity contribution < 1.29 is 9.53 Å². The molecule has 3 aromatic rings. The van der Waals surface area contributed by atoms with Gasteiger partial charge in [0.15, 0.2) is 0 Å². The smallest absolute Gasteiger partial charge is 0.351 e. The molecule has 0 bridgehead atoms. The molecule has 2 heteroatoms. The lowest BCUT2D eigenvalue weighted by Gasteiger charge is -2.07. The number of terminal acetylenes is 1. The van der Waals surface area contributed by atoms with Crippen molar-refractivity contribution in [1.82, 2.24) is 0 Å². The van der Waals surface area contributed by atoms with E-state index in [-0.39, 0.29) is 5.57 Å². The lowest BCUT2D eigenvalue weighted by atomic mass is 9.99. The molecule has 0 spiro atoms. The summed E-state index contributed by atoms with van der Waals surface area (Å²) >= 11 is 0. The van der Waals surface area contributed by atoms with Crippen molar-refractivity contribution in [1.29, 1.82) is 0 Å². The molecule has 0 aromatic heterocycles. The molecule has 0 atom stereocenters. The molecule has 0 aliphatic carbocycles. The summed E-state index contributed by atoms with van der Waals surface area (Å²) < 4.78 is 5.30. The number of benzene rings is 3. The number of ether oxygens (including phenoxy) is 1. The zero-order chi connectivity index (χ0) is 19.9. The monoisotopic (exact) mass is 366 g/mol. The Labute approximate surface area is 166 Å². The minimum absolute atomic E-state index is 0.214. The first-order chi connectivity index (χ1) is 13.6. The lowest BCUT2D eigenvalue weighted by molar-refractivity contribution is -0.129. The molecule has 0 heterocycles. The fraction of sp³-hybridized carbons (Fsp3) is 0.115.